The number of benzene rings is 2. The number of hydrogen-bond donors (Lipinski definition) is 2. The zero-order chi connectivity index (χ0) is 15.6. The first kappa shape index (κ1) is 15.8. The molecule has 2 rings (SSSR count). The summed E-state index contributed by atoms with van der Waals surface area (Å²) in [5.41, 5.74) is 0.466. The predicted octanol–water partition coefficient (Wildman–Crippen LogP) is 2.89. The standard InChI is InChI=1S/C13H10Cl2N2O3S/c14-11-6-2-5-10(12(11)15)13(18)17-8-3-1-4-9(7-8)21(16,19)20/h1-7H,(H,17,18)(H2,16,19,20). The van der Waals surface area contributed by atoms with E-state index < -0.39 is 15.9 Å². The number of nitrogens with two attached hydrogens (primary N) is 1. The van der Waals surface area contributed by atoms with Gasteiger partial charge in [-0.2, -0.15) is 0 Å². The molecule has 0 aromatic heterocycles. The Morgan fingerprint density at radius 1 is 1.10 bits per heavy atom. The van der Waals surface area contributed by atoms with E-state index in [1.807, 2.05) is 0 Å². The average molecular weight is 345 g/mol. The first-order valence-electron chi connectivity index (χ1n) is 5.67. The highest BCUT2D eigenvalue weighted by Gasteiger charge is 2.14. The Hall–Kier alpha value is -1.60. The molecular weight excluding hydrogens is 335 g/mol. The number of primary sulfonamides is 1. The molecule has 2 aromatic carbocycles. The fourth-order valence-corrected chi connectivity index (χ4v) is 2.57. The molecule has 0 fully saturated rings. The lowest BCUT2D eigenvalue weighted by Crippen LogP contribution is -2.15. The van der Waals surface area contributed by atoms with Crippen molar-refractivity contribution in [1.29, 1.82) is 0 Å². The van der Waals surface area contributed by atoms with Crippen LogP contribution in [0.5, 0.6) is 0 Å². The predicted molar refractivity (Wildman–Crippen MR) is 82.2 cm³/mol. The molecule has 0 radical (unpaired) electrons. The highest BCUT2D eigenvalue weighted by molar-refractivity contribution is 7.89. The van der Waals surface area contributed by atoms with Crippen molar-refractivity contribution in [3.63, 3.8) is 0 Å². The maximum Gasteiger partial charge on any atom is 0.257 e. The highest BCUT2D eigenvalue weighted by atomic mass is 35.5. The van der Waals surface area contributed by atoms with Gasteiger partial charge in [0.15, 0.2) is 0 Å². The fourth-order valence-electron chi connectivity index (χ4n) is 1.63. The summed E-state index contributed by atoms with van der Waals surface area (Å²) in [6.45, 7) is 0. The third-order valence-electron chi connectivity index (χ3n) is 2.62. The maximum atomic E-state index is 12.1. The first-order chi connectivity index (χ1) is 9.79. The van der Waals surface area contributed by atoms with Crippen molar-refractivity contribution in [2.75, 3.05) is 5.32 Å². The molecule has 0 aliphatic carbocycles. The van der Waals surface area contributed by atoms with Crippen LogP contribution in [0.4, 0.5) is 5.69 Å². The Labute approximate surface area is 131 Å². The topological polar surface area (TPSA) is 89.3 Å². The number of nitrogens with one attached hydrogen (secondary N) is 1. The van der Waals surface area contributed by atoms with E-state index in [4.69, 9.17) is 28.3 Å². The molecule has 0 heterocycles. The van der Waals surface area contributed by atoms with E-state index in [0.29, 0.717) is 0 Å². The van der Waals surface area contributed by atoms with Crippen LogP contribution in [0, 0.1) is 0 Å². The number of carbonyl (C=O) groups excluding carboxylic acids is 1. The average Bonchev–Trinajstić information content (AvgIpc) is 2.41. The molecule has 0 atom stereocenters. The van der Waals surface area contributed by atoms with Crippen molar-refractivity contribution >= 4 is 44.8 Å². The molecule has 0 unspecified atom stereocenters. The Morgan fingerprint density at radius 3 is 2.43 bits per heavy atom. The molecule has 0 bridgehead atoms. The van der Waals surface area contributed by atoms with Gasteiger partial charge in [0.25, 0.3) is 5.91 Å². The van der Waals surface area contributed by atoms with Crippen molar-refractivity contribution in [1.82, 2.24) is 0 Å². The van der Waals surface area contributed by atoms with Crippen molar-refractivity contribution in [2.45, 2.75) is 4.90 Å². The summed E-state index contributed by atoms with van der Waals surface area (Å²) in [5, 5.41) is 7.95. The van der Waals surface area contributed by atoms with Crippen molar-refractivity contribution in [2.24, 2.45) is 5.14 Å². The summed E-state index contributed by atoms with van der Waals surface area (Å²) in [6.07, 6.45) is 0. The molecule has 110 valence electrons. The quantitative estimate of drug-likeness (QED) is 0.896. The molecule has 5 nitrogen and oxygen atoms in total. The molecule has 1 amide bonds. The van der Waals surface area contributed by atoms with Gasteiger partial charge in [0.2, 0.25) is 10.0 Å². The van der Waals surface area contributed by atoms with Gasteiger partial charge in [0, 0.05) is 5.69 Å². The van der Waals surface area contributed by atoms with E-state index in [2.05, 4.69) is 5.32 Å². The minimum atomic E-state index is -3.84. The van der Waals surface area contributed by atoms with Crippen LogP contribution in [0.25, 0.3) is 0 Å². The zero-order valence-corrected chi connectivity index (χ0v) is 12.8. The van der Waals surface area contributed by atoms with Crippen LogP contribution >= 0.6 is 23.2 Å². The van der Waals surface area contributed by atoms with Gasteiger partial charge in [-0.05, 0) is 30.3 Å². The van der Waals surface area contributed by atoms with Crippen LogP contribution in [-0.2, 0) is 10.0 Å². The van der Waals surface area contributed by atoms with Gasteiger partial charge in [-0.15, -0.1) is 0 Å². The van der Waals surface area contributed by atoms with Crippen molar-refractivity contribution in [3.05, 3.63) is 58.1 Å². The molecule has 2 aromatic rings. The lowest BCUT2D eigenvalue weighted by molar-refractivity contribution is 0.102. The van der Waals surface area contributed by atoms with E-state index in [0.717, 1.165) is 0 Å². The van der Waals surface area contributed by atoms with Crippen LogP contribution in [0.15, 0.2) is 47.4 Å². The minimum absolute atomic E-state index is 0.0995. The monoisotopic (exact) mass is 344 g/mol. The second kappa shape index (κ2) is 6.03. The molecule has 0 aliphatic heterocycles. The highest BCUT2D eigenvalue weighted by Crippen LogP contribution is 2.26. The van der Waals surface area contributed by atoms with Gasteiger partial charge in [0.05, 0.1) is 20.5 Å². The molecule has 21 heavy (non-hydrogen) atoms. The molecular formula is C13H10Cl2N2O3S. The van der Waals surface area contributed by atoms with Gasteiger partial charge in [-0.3, -0.25) is 4.79 Å². The minimum Gasteiger partial charge on any atom is -0.322 e. The summed E-state index contributed by atoms with van der Waals surface area (Å²) in [7, 11) is -3.84. The largest absolute Gasteiger partial charge is 0.322 e. The van der Waals surface area contributed by atoms with Gasteiger partial charge >= 0.3 is 0 Å². The van der Waals surface area contributed by atoms with Crippen LogP contribution in [0.2, 0.25) is 10.0 Å². The van der Waals surface area contributed by atoms with Crippen LogP contribution in [-0.4, -0.2) is 14.3 Å². The van der Waals surface area contributed by atoms with Crippen LogP contribution in [0.1, 0.15) is 10.4 Å². The SMILES string of the molecule is NS(=O)(=O)c1cccc(NC(=O)c2cccc(Cl)c2Cl)c1. The fraction of sp³-hybridized carbons (Fsp3) is 0. The van der Waals surface area contributed by atoms with E-state index in [1.165, 1.54) is 30.3 Å². The zero-order valence-electron chi connectivity index (χ0n) is 10.5. The smallest absolute Gasteiger partial charge is 0.257 e. The molecule has 0 saturated carbocycles. The Balaban J connectivity index is 2.30. The third kappa shape index (κ3) is 3.74. The third-order valence-corrected chi connectivity index (χ3v) is 4.35. The normalized spacial score (nSPS) is 11.2. The summed E-state index contributed by atoms with van der Waals surface area (Å²) < 4.78 is 22.5. The Morgan fingerprint density at radius 2 is 1.76 bits per heavy atom. The molecule has 0 spiro atoms. The Bertz CT molecular complexity index is 807. The molecule has 0 aliphatic rings. The lowest BCUT2D eigenvalue weighted by Gasteiger charge is -2.08. The summed E-state index contributed by atoms with van der Waals surface area (Å²) in [4.78, 5) is 12.0. The second-order valence-electron chi connectivity index (χ2n) is 4.13. The number of amides is 1. The van der Waals surface area contributed by atoms with E-state index in [-0.39, 0.29) is 26.2 Å². The van der Waals surface area contributed by atoms with E-state index >= 15 is 0 Å². The van der Waals surface area contributed by atoms with Gasteiger partial charge in [-0.1, -0.05) is 35.3 Å². The number of sulfonamides is 1. The number of hydrogen-bond acceptors (Lipinski definition) is 3. The number of anilines is 1. The molecule has 0 saturated heterocycles. The number of rotatable bonds is 3. The van der Waals surface area contributed by atoms with Gasteiger partial charge in [0.1, 0.15) is 0 Å². The number of halogens is 2. The van der Waals surface area contributed by atoms with Gasteiger partial charge < -0.3 is 5.32 Å². The Kier molecular flexibility index (Phi) is 4.53. The second-order valence-corrected chi connectivity index (χ2v) is 6.47. The summed E-state index contributed by atoms with van der Waals surface area (Å²) in [6, 6.07) is 10.2. The van der Waals surface area contributed by atoms with E-state index in [1.54, 1.807) is 12.1 Å². The van der Waals surface area contributed by atoms with Crippen LogP contribution in [0.3, 0.4) is 0 Å². The van der Waals surface area contributed by atoms with Crippen molar-refractivity contribution < 1.29 is 13.2 Å². The van der Waals surface area contributed by atoms with E-state index in [9.17, 15) is 13.2 Å². The molecule has 8 heteroatoms. The van der Waals surface area contributed by atoms with Crippen LogP contribution < -0.4 is 10.5 Å². The van der Waals surface area contributed by atoms with Crippen molar-refractivity contribution in [3.8, 4) is 0 Å². The first-order valence-corrected chi connectivity index (χ1v) is 7.97. The maximum absolute atomic E-state index is 12.1. The molecule has 3 N–H and O–H groups in total. The van der Waals surface area contributed by atoms with Gasteiger partial charge in [-0.25, -0.2) is 13.6 Å². The lowest BCUT2D eigenvalue weighted by atomic mass is 10.2. The number of carbonyl (C=O) groups is 1. The summed E-state index contributed by atoms with van der Waals surface area (Å²) in [5.74, 6) is -0.505. The summed E-state index contributed by atoms with van der Waals surface area (Å²) >= 11 is 11.8.